The Labute approximate surface area is 109 Å². The Morgan fingerprint density at radius 1 is 1.33 bits per heavy atom. The van der Waals surface area contributed by atoms with Crippen LogP contribution in [0.5, 0.6) is 0 Å². The van der Waals surface area contributed by atoms with Crippen molar-refractivity contribution in [1.29, 1.82) is 0 Å². The minimum absolute atomic E-state index is 0.0192. The molecule has 1 rings (SSSR count). The summed E-state index contributed by atoms with van der Waals surface area (Å²) in [4.78, 5) is 22.7. The normalized spacial score (nSPS) is 23.4. The lowest BCUT2D eigenvalue weighted by atomic mass is 9.85. The summed E-state index contributed by atoms with van der Waals surface area (Å²) in [5.41, 5.74) is 0. The van der Waals surface area contributed by atoms with Crippen LogP contribution in [0.15, 0.2) is 0 Å². The quantitative estimate of drug-likeness (QED) is 0.691. The van der Waals surface area contributed by atoms with Gasteiger partial charge in [0.05, 0.1) is 13.0 Å². The maximum atomic E-state index is 11.5. The Morgan fingerprint density at radius 3 is 2.78 bits per heavy atom. The third kappa shape index (κ3) is 5.04. The molecular weight excluding hydrogens is 232 g/mol. The van der Waals surface area contributed by atoms with E-state index in [0.717, 1.165) is 25.7 Å². The second kappa shape index (κ2) is 8.08. The van der Waals surface area contributed by atoms with Crippen LogP contribution in [0.1, 0.15) is 39.0 Å². The van der Waals surface area contributed by atoms with Gasteiger partial charge in [0.2, 0.25) is 5.91 Å². The van der Waals surface area contributed by atoms with E-state index >= 15 is 0 Å². The van der Waals surface area contributed by atoms with Crippen LogP contribution in [0.25, 0.3) is 0 Å². The fourth-order valence-electron chi connectivity index (χ4n) is 2.43. The molecule has 1 saturated carbocycles. The summed E-state index contributed by atoms with van der Waals surface area (Å²) < 4.78 is 4.78. The van der Waals surface area contributed by atoms with Crippen molar-refractivity contribution >= 4 is 11.9 Å². The van der Waals surface area contributed by atoms with Gasteiger partial charge < -0.3 is 15.4 Å². The van der Waals surface area contributed by atoms with Crippen molar-refractivity contribution in [1.82, 2.24) is 10.6 Å². The van der Waals surface area contributed by atoms with Gasteiger partial charge in [0, 0.05) is 25.6 Å². The first-order valence-corrected chi connectivity index (χ1v) is 6.75. The molecule has 0 aromatic carbocycles. The first-order valence-electron chi connectivity index (χ1n) is 6.75. The number of carbonyl (C=O) groups is 2. The van der Waals surface area contributed by atoms with Crippen LogP contribution in [0, 0.1) is 5.92 Å². The second-order valence-electron chi connectivity index (χ2n) is 4.74. The van der Waals surface area contributed by atoms with Crippen LogP contribution in [0.3, 0.4) is 0 Å². The molecule has 1 fully saturated rings. The van der Waals surface area contributed by atoms with Gasteiger partial charge in [-0.2, -0.15) is 0 Å². The van der Waals surface area contributed by atoms with E-state index in [1.807, 2.05) is 6.92 Å². The number of rotatable bonds is 6. The lowest BCUT2D eigenvalue weighted by molar-refractivity contribution is -0.146. The molecule has 0 saturated heterocycles. The standard InChI is InChI=1S/C13H24N2O3/c1-3-14-12(16)7-8-15-11-6-4-5-10(9-11)13(17)18-2/h10-11,15H,3-9H2,1-2H3,(H,14,16). The highest BCUT2D eigenvalue weighted by molar-refractivity contribution is 5.76. The summed E-state index contributed by atoms with van der Waals surface area (Å²) in [6.45, 7) is 3.25. The van der Waals surface area contributed by atoms with Crippen molar-refractivity contribution in [2.24, 2.45) is 5.92 Å². The second-order valence-corrected chi connectivity index (χ2v) is 4.74. The zero-order chi connectivity index (χ0) is 13.4. The molecule has 0 aliphatic heterocycles. The molecule has 18 heavy (non-hydrogen) atoms. The van der Waals surface area contributed by atoms with Gasteiger partial charge in [0.25, 0.3) is 0 Å². The Kier molecular flexibility index (Phi) is 6.72. The number of carbonyl (C=O) groups excluding carboxylic acids is 2. The Bertz CT molecular complexity index is 281. The lowest BCUT2D eigenvalue weighted by Crippen LogP contribution is -2.38. The fraction of sp³-hybridized carbons (Fsp3) is 0.846. The number of methoxy groups -OCH3 is 1. The highest BCUT2D eigenvalue weighted by Crippen LogP contribution is 2.25. The van der Waals surface area contributed by atoms with Crippen molar-refractivity contribution in [2.75, 3.05) is 20.2 Å². The van der Waals surface area contributed by atoms with E-state index in [1.54, 1.807) is 0 Å². The molecule has 1 amide bonds. The molecule has 5 nitrogen and oxygen atoms in total. The highest BCUT2D eigenvalue weighted by atomic mass is 16.5. The maximum absolute atomic E-state index is 11.5. The summed E-state index contributed by atoms with van der Waals surface area (Å²) in [5, 5.41) is 6.12. The van der Waals surface area contributed by atoms with Crippen LogP contribution in [-0.2, 0) is 14.3 Å². The fourth-order valence-corrected chi connectivity index (χ4v) is 2.43. The van der Waals surface area contributed by atoms with Crippen LogP contribution < -0.4 is 10.6 Å². The zero-order valence-electron chi connectivity index (χ0n) is 11.3. The molecule has 0 aromatic heterocycles. The minimum atomic E-state index is -0.106. The topological polar surface area (TPSA) is 67.4 Å². The van der Waals surface area contributed by atoms with Crippen molar-refractivity contribution in [3.05, 3.63) is 0 Å². The monoisotopic (exact) mass is 256 g/mol. The third-order valence-corrected chi connectivity index (χ3v) is 3.37. The molecule has 0 bridgehead atoms. The molecule has 0 spiro atoms. The molecule has 104 valence electrons. The van der Waals surface area contributed by atoms with E-state index in [-0.39, 0.29) is 17.8 Å². The SMILES string of the molecule is CCNC(=O)CCNC1CCCC(C(=O)OC)C1. The number of nitrogens with one attached hydrogen (secondary N) is 2. The Morgan fingerprint density at radius 2 is 2.11 bits per heavy atom. The Hall–Kier alpha value is -1.10. The molecule has 2 atom stereocenters. The van der Waals surface area contributed by atoms with E-state index in [4.69, 9.17) is 4.74 Å². The molecule has 2 N–H and O–H groups in total. The van der Waals surface area contributed by atoms with Crippen LogP contribution in [0.4, 0.5) is 0 Å². The van der Waals surface area contributed by atoms with Gasteiger partial charge in [0.1, 0.15) is 0 Å². The summed E-state index contributed by atoms with van der Waals surface area (Å²) in [7, 11) is 1.44. The summed E-state index contributed by atoms with van der Waals surface area (Å²) >= 11 is 0. The van der Waals surface area contributed by atoms with E-state index in [9.17, 15) is 9.59 Å². The summed E-state index contributed by atoms with van der Waals surface area (Å²) in [6.07, 6.45) is 4.35. The average Bonchev–Trinajstić information content (AvgIpc) is 2.38. The minimum Gasteiger partial charge on any atom is -0.469 e. The molecule has 5 heteroatoms. The molecule has 0 radical (unpaired) electrons. The number of ether oxygens (including phenoxy) is 1. The lowest BCUT2D eigenvalue weighted by Gasteiger charge is -2.28. The van der Waals surface area contributed by atoms with Gasteiger partial charge in [-0.25, -0.2) is 0 Å². The molecule has 1 aliphatic carbocycles. The molecular formula is C13H24N2O3. The van der Waals surface area contributed by atoms with Gasteiger partial charge in [0.15, 0.2) is 0 Å². The van der Waals surface area contributed by atoms with Crippen molar-refractivity contribution in [2.45, 2.75) is 45.1 Å². The number of esters is 1. The van der Waals surface area contributed by atoms with Gasteiger partial charge >= 0.3 is 5.97 Å². The Balaban J connectivity index is 2.22. The predicted molar refractivity (Wildman–Crippen MR) is 69.1 cm³/mol. The average molecular weight is 256 g/mol. The van der Waals surface area contributed by atoms with Crippen LogP contribution in [-0.4, -0.2) is 38.1 Å². The van der Waals surface area contributed by atoms with Crippen molar-refractivity contribution in [3.63, 3.8) is 0 Å². The van der Waals surface area contributed by atoms with Gasteiger partial charge in [-0.1, -0.05) is 6.42 Å². The van der Waals surface area contributed by atoms with Crippen molar-refractivity contribution in [3.8, 4) is 0 Å². The van der Waals surface area contributed by atoms with E-state index in [1.165, 1.54) is 7.11 Å². The smallest absolute Gasteiger partial charge is 0.308 e. The number of hydrogen-bond acceptors (Lipinski definition) is 4. The summed E-state index contributed by atoms with van der Waals surface area (Å²) in [5.74, 6) is -0.0127. The molecule has 0 aromatic rings. The largest absolute Gasteiger partial charge is 0.469 e. The first kappa shape index (κ1) is 15.0. The molecule has 0 heterocycles. The maximum Gasteiger partial charge on any atom is 0.308 e. The van der Waals surface area contributed by atoms with E-state index < -0.39 is 0 Å². The zero-order valence-corrected chi connectivity index (χ0v) is 11.3. The first-order chi connectivity index (χ1) is 8.67. The number of amides is 1. The van der Waals surface area contributed by atoms with Gasteiger partial charge in [-0.15, -0.1) is 0 Å². The summed E-state index contributed by atoms with van der Waals surface area (Å²) in [6, 6.07) is 0.331. The third-order valence-electron chi connectivity index (χ3n) is 3.37. The van der Waals surface area contributed by atoms with Crippen molar-refractivity contribution < 1.29 is 14.3 Å². The molecule has 2 unspecified atom stereocenters. The van der Waals surface area contributed by atoms with Gasteiger partial charge in [-0.3, -0.25) is 9.59 Å². The van der Waals surface area contributed by atoms with E-state index in [0.29, 0.717) is 25.6 Å². The highest BCUT2D eigenvalue weighted by Gasteiger charge is 2.27. The van der Waals surface area contributed by atoms with Gasteiger partial charge in [-0.05, 0) is 26.2 Å². The predicted octanol–water partition coefficient (Wildman–Crippen LogP) is 0.834. The van der Waals surface area contributed by atoms with Crippen LogP contribution in [0.2, 0.25) is 0 Å². The van der Waals surface area contributed by atoms with E-state index in [2.05, 4.69) is 10.6 Å². The molecule has 1 aliphatic rings. The van der Waals surface area contributed by atoms with Crippen LogP contribution >= 0.6 is 0 Å². The number of hydrogen-bond donors (Lipinski definition) is 2.